The van der Waals surface area contributed by atoms with Crippen LogP contribution in [0.3, 0.4) is 0 Å². The number of hydrogen-bond acceptors (Lipinski definition) is 9. The summed E-state index contributed by atoms with van der Waals surface area (Å²) in [5.74, 6) is -1.08. The lowest BCUT2D eigenvalue weighted by atomic mass is 10.0. The van der Waals surface area contributed by atoms with Gasteiger partial charge in [-0.15, -0.1) is 4.37 Å². The van der Waals surface area contributed by atoms with Gasteiger partial charge in [0.2, 0.25) is 5.88 Å². The molecule has 0 fully saturated rings. The molecular weight excluding hydrogens is 310 g/mol. The summed E-state index contributed by atoms with van der Waals surface area (Å²) in [4.78, 5) is 23.0. The van der Waals surface area contributed by atoms with E-state index in [1.54, 1.807) is 0 Å². The quantitative estimate of drug-likeness (QED) is 0.632. The lowest BCUT2D eigenvalue weighted by Gasteiger charge is -2.24. The molecule has 3 heterocycles. The van der Waals surface area contributed by atoms with Crippen molar-refractivity contribution >= 4 is 23.7 Å². The Labute approximate surface area is 130 Å². The molecule has 1 aromatic heterocycles. The Hall–Kier alpha value is -2.00. The number of ether oxygens (including phenoxy) is 3. The van der Waals surface area contributed by atoms with Gasteiger partial charge in [0.15, 0.2) is 6.23 Å². The van der Waals surface area contributed by atoms with E-state index in [-0.39, 0.29) is 6.10 Å². The highest BCUT2D eigenvalue weighted by atomic mass is 32.1. The lowest BCUT2D eigenvalue weighted by molar-refractivity contribution is -0.165. The summed E-state index contributed by atoms with van der Waals surface area (Å²) in [6, 6.07) is 0. The van der Waals surface area contributed by atoms with Gasteiger partial charge in [0.25, 0.3) is 0 Å². The van der Waals surface area contributed by atoms with E-state index in [1.165, 1.54) is 0 Å². The predicted octanol–water partition coefficient (Wildman–Crippen LogP) is 0.541. The molecule has 0 saturated heterocycles. The summed E-state index contributed by atoms with van der Waals surface area (Å²) in [7, 11) is 0. The maximum Gasteiger partial charge on any atom is 0.422 e. The average Bonchev–Trinajstić information content (AvgIpc) is 2.86. The lowest BCUT2D eigenvalue weighted by Crippen LogP contribution is -2.39. The number of rotatable bonds is 4. The van der Waals surface area contributed by atoms with E-state index in [0.717, 1.165) is 11.7 Å². The highest BCUT2D eigenvalue weighted by Crippen LogP contribution is 2.29. The molecule has 118 valence electrons. The van der Waals surface area contributed by atoms with Crippen LogP contribution in [0.25, 0.3) is 0 Å². The van der Waals surface area contributed by atoms with Gasteiger partial charge < -0.3 is 14.2 Å². The number of aromatic nitrogens is 2. The molecule has 2 bridgehead atoms. The number of nitrogens with zero attached hydrogens (tertiary/aromatic N) is 2. The number of fused-ring (bicyclic) bond motifs is 1. The van der Waals surface area contributed by atoms with Crippen LogP contribution in [0, 0.1) is 0 Å². The van der Waals surface area contributed by atoms with E-state index >= 15 is 0 Å². The van der Waals surface area contributed by atoms with Gasteiger partial charge in [0.1, 0.15) is 11.5 Å². The van der Waals surface area contributed by atoms with Gasteiger partial charge in [-0.25, -0.2) is 9.59 Å². The normalized spacial score (nSPS) is 21.5. The first-order valence-electron chi connectivity index (χ1n) is 6.90. The zero-order chi connectivity index (χ0) is 15.7. The molecule has 22 heavy (non-hydrogen) atoms. The van der Waals surface area contributed by atoms with Crippen LogP contribution in [0.2, 0.25) is 0 Å². The molecule has 0 spiro atoms. The third kappa shape index (κ3) is 2.95. The average molecular weight is 325 g/mol. The molecule has 1 aromatic rings. The van der Waals surface area contributed by atoms with E-state index in [4.69, 9.17) is 14.2 Å². The van der Waals surface area contributed by atoms with Crippen molar-refractivity contribution in [1.82, 2.24) is 14.1 Å². The number of carbonyl (C=O) groups excluding carboxylic acids is 2. The Bertz CT molecular complexity index is 639. The van der Waals surface area contributed by atoms with Gasteiger partial charge in [-0.1, -0.05) is 0 Å². The first-order valence-corrected chi connectivity index (χ1v) is 7.64. The van der Waals surface area contributed by atoms with Crippen molar-refractivity contribution in [2.75, 3.05) is 6.54 Å². The zero-order valence-electron chi connectivity index (χ0n) is 12.1. The molecule has 8 nitrogen and oxygen atoms in total. The van der Waals surface area contributed by atoms with E-state index < -0.39 is 18.2 Å². The molecule has 2 aliphatic heterocycles. The fourth-order valence-electron chi connectivity index (χ4n) is 2.28. The van der Waals surface area contributed by atoms with E-state index in [2.05, 4.69) is 14.1 Å². The molecule has 0 aromatic carbocycles. The van der Waals surface area contributed by atoms with Crippen molar-refractivity contribution in [3.63, 3.8) is 0 Å². The Morgan fingerprint density at radius 2 is 2.18 bits per heavy atom. The third-order valence-corrected chi connectivity index (χ3v) is 3.74. The van der Waals surface area contributed by atoms with Crippen LogP contribution in [0.15, 0.2) is 11.3 Å². The summed E-state index contributed by atoms with van der Waals surface area (Å²) in [5, 5.41) is 3.05. The van der Waals surface area contributed by atoms with E-state index in [0.29, 0.717) is 42.3 Å². The summed E-state index contributed by atoms with van der Waals surface area (Å²) < 4.78 is 24.2. The topological polar surface area (TPSA) is 99.6 Å². The molecule has 0 aliphatic carbocycles. The number of esters is 2. The van der Waals surface area contributed by atoms with Gasteiger partial charge in [-0.3, -0.25) is 5.32 Å². The number of nitrogens with one attached hydrogen (secondary N) is 1. The van der Waals surface area contributed by atoms with E-state index in [9.17, 15) is 9.59 Å². The van der Waals surface area contributed by atoms with Crippen molar-refractivity contribution in [3.8, 4) is 5.88 Å². The minimum absolute atomic E-state index is 0.0253. The Balaban J connectivity index is 1.88. The second kappa shape index (κ2) is 6.01. The van der Waals surface area contributed by atoms with Gasteiger partial charge >= 0.3 is 11.9 Å². The summed E-state index contributed by atoms with van der Waals surface area (Å²) in [6.07, 6.45) is 0.136. The van der Waals surface area contributed by atoms with Gasteiger partial charge in [-0.05, 0) is 13.8 Å². The predicted molar refractivity (Wildman–Crippen MR) is 75.0 cm³/mol. The fraction of sp³-hybridized carbons (Fsp3) is 0.538. The first-order chi connectivity index (χ1) is 10.5. The van der Waals surface area contributed by atoms with Crippen molar-refractivity contribution in [2.45, 2.75) is 39.0 Å². The van der Waals surface area contributed by atoms with Gasteiger partial charge in [0, 0.05) is 25.0 Å². The Morgan fingerprint density at radius 3 is 2.95 bits per heavy atom. The summed E-state index contributed by atoms with van der Waals surface area (Å²) in [6.45, 7) is 4.36. The van der Waals surface area contributed by atoms with Gasteiger partial charge in [-0.2, -0.15) is 4.37 Å². The van der Waals surface area contributed by atoms with Crippen LogP contribution in [-0.2, 0) is 25.5 Å². The standard InChI is InChI=1S/C13H15N3O5S/c1-6(2)19-11-8(15-22-16-11)5-7-9-3-4-14-10(7)21-13(18)12(17)20-9/h6,10,14H,3-5H2,1-2H3. The van der Waals surface area contributed by atoms with Crippen molar-refractivity contribution in [1.29, 1.82) is 0 Å². The van der Waals surface area contributed by atoms with Crippen molar-refractivity contribution in [3.05, 3.63) is 17.0 Å². The van der Waals surface area contributed by atoms with Crippen LogP contribution in [-0.4, -0.2) is 39.6 Å². The second-order valence-electron chi connectivity index (χ2n) is 5.19. The molecule has 1 N–H and O–H groups in total. The summed E-state index contributed by atoms with van der Waals surface area (Å²) >= 11 is 1.05. The molecule has 3 rings (SSSR count). The van der Waals surface area contributed by atoms with Crippen LogP contribution in [0.1, 0.15) is 26.0 Å². The molecule has 0 radical (unpaired) electrons. The molecule has 2 aliphatic rings. The largest absolute Gasteiger partial charge is 0.473 e. The Kier molecular flexibility index (Phi) is 4.08. The van der Waals surface area contributed by atoms with Crippen LogP contribution in [0.4, 0.5) is 0 Å². The van der Waals surface area contributed by atoms with Crippen LogP contribution >= 0.6 is 11.7 Å². The minimum atomic E-state index is -0.998. The molecule has 9 heteroatoms. The molecule has 0 amide bonds. The van der Waals surface area contributed by atoms with Crippen molar-refractivity contribution in [2.24, 2.45) is 0 Å². The molecule has 1 atom stereocenters. The maximum atomic E-state index is 11.5. The van der Waals surface area contributed by atoms with Crippen LogP contribution in [0.5, 0.6) is 5.88 Å². The molecular formula is C13H15N3O5S. The SMILES string of the molecule is CC(C)Oc1nsnc1CC1=C2CCNC1OC(=O)C(=O)O2. The second-order valence-corrected chi connectivity index (χ2v) is 5.72. The monoisotopic (exact) mass is 325 g/mol. The van der Waals surface area contributed by atoms with Gasteiger partial charge in [0.05, 0.1) is 17.8 Å². The van der Waals surface area contributed by atoms with Crippen LogP contribution < -0.4 is 10.1 Å². The minimum Gasteiger partial charge on any atom is -0.473 e. The number of carbonyl (C=O) groups is 2. The maximum absolute atomic E-state index is 11.5. The highest BCUT2D eigenvalue weighted by molar-refractivity contribution is 6.99. The fourth-order valence-corrected chi connectivity index (χ4v) is 2.78. The zero-order valence-corrected chi connectivity index (χ0v) is 12.9. The third-order valence-electron chi connectivity index (χ3n) is 3.19. The smallest absolute Gasteiger partial charge is 0.422 e. The first kappa shape index (κ1) is 14.9. The molecule has 0 saturated carbocycles. The summed E-state index contributed by atoms with van der Waals surface area (Å²) in [5.41, 5.74) is 1.31. The highest BCUT2D eigenvalue weighted by Gasteiger charge is 2.36. The molecule has 1 unspecified atom stereocenters. The van der Waals surface area contributed by atoms with E-state index in [1.807, 2.05) is 13.8 Å². The Morgan fingerprint density at radius 1 is 1.36 bits per heavy atom. The van der Waals surface area contributed by atoms with Crippen molar-refractivity contribution < 1.29 is 23.8 Å². The number of hydrogen-bond donors (Lipinski definition) is 1.